The molecule has 0 radical (unpaired) electrons. The van der Waals surface area contributed by atoms with E-state index >= 15 is 0 Å². The molecule has 0 aliphatic rings. The van der Waals surface area contributed by atoms with Gasteiger partial charge in [0.1, 0.15) is 5.65 Å². The van der Waals surface area contributed by atoms with E-state index in [4.69, 9.17) is 19.9 Å². The van der Waals surface area contributed by atoms with Gasteiger partial charge in [0.05, 0.1) is 28.0 Å². The summed E-state index contributed by atoms with van der Waals surface area (Å²) in [5.74, 6) is 1.37. The van der Waals surface area contributed by atoms with Gasteiger partial charge >= 0.3 is 0 Å². The highest BCUT2D eigenvalue weighted by Crippen LogP contribution is 2.40. The van der Waals surface area contributed by atoms with Crippen LogP contribution in [0, 0.1) is 0 Å². The lowest BCUT2D eigenvalue weighted by Crippen LogP contribution is -1.99. The van der Waals surface area contributed by atoms with Crippen molar-refractivity contribution in [1.82, 2.24) is 24.5 Å². The maximum atomic E-state index is 5.30. The van der Waals surface area contributed by atoms with Crippen molar-refractivity contribution in [2.45, 2.75) is 0 Å². The minimum Gasteiger partial charge on any atom is -0.294 e. The normalized spacial score (nSPS) is 11.3. The lowest BCUT2D eigenvalue weighted by atomic mass is 9.99. The first-order valence-electron chi connectivity index (χ1n) is 18.4. The van der Waals surface area contributed by atoms with Crippen LogP contribution in [0.4, 0.5) is 0 Å². The zero-order chi connectivity index (χ0) is 36.6. The average molecular weight is 704 g/mol. The Balaban J connectivity index is 1.18. The van der Waals surface area contributed by atoms with Gasteiger partial charge in [-0.05, 0) is 47.5 Å². The number of fused-ring (bicyclic) bond motifs is 3. The molecule has 0 saturated heterocycles. The van der Waals surface area contributed by atoms with Gasteiger partial charge in [-0.3, -0.25) is 4.57 Å². The minimum atomic E-state index is 0.678. The zero-order valence-corrected chi connectivity index (χ0v) is 29.8. The number of hydrogen-bond acceptors (Lipinski definition) is 4. The Bertz CT molecular complexity index is 2890. The van der Waals surface area contributed by atoms with Gasteiger partial charge in [0, 0.05) is 38.9 Å². The van der Waals surface area contributed by atoms with E-state index in [-0.39, 0.29) is 0 Å². The Hall–Kier alpha value is -7.50. The summed E-state index contributed by atoms with van der Waals surface area (Å²) in [6, 6.07) is 69.0. The molecule has 0 amide bonds. The highest BCUT2D eigenvalue weighted by molar-refractivity contribution is 6.15. The van der Waals surface area contributed by atoms with Gasteiger partial charge in [0.2, 0.25) is 0 Å². The van der Waals surface area contributed by atoms with E-state index in [2.05, 4.69) is 138 Å². The average Bonchev–Trinajstić information content (AvgIpc) is 3.61. The fraction of sp³-hybridized carbons (Fsp3) is 0. The summed E-state index contributed by atoms with van der Waals surface area (Å²) < 4.78 is 2.26. The van der Waals surface area contributed by atoms with E-state index in [1.165, 1.54) is 0 Å². The largest absolute Gasteiger partial charge is 0.294 e. The first kappa shape index (κ1) is 32.2. The maximum absolute atomic E-state index is 5.30. The Morgan fingerprint density at radius 2 is 0.818 bits per heavy atom. The summed E-state index contributed by atoms with van der Waals surface area (Å²) in [5, 5.41) is 2.09. The van der Waals surface area contributed by atoms with E-state index in [0.717, 1.165) is 83.6 Å². The van der Waals surface area contributed by atoms with Gasteiger partial charge in [-0.1, -0.05) is 164 Å². The monoisotopic (exact) mass is 703 g/mol. The molecule has 5 heteroatoms. The van der Waals surface area contributed by atoms with Crippen LogP contribution in [-0.4, -0.2) is 24.5 Å². The van der Waals surface area contributed by atoms with Crippen molar-refractivity contribution in [2.75, 3.05) is 0 Å². The van der Waals surface area contributed by atoms with E-state index in [9.17, 15) is 0 Å². The minimum absolute atomic E-state index is 0.678. The van der Waals surface area contributed by atoms with Crippen molar-refractivity contribution >= 4 is 21.9 Å². The molecule has 258 valence electrons. The van der Waals surface area contributed by atoms with Gasteiger partial charge in [-0.2, -0.15) is 0 Å². The molecule has 0 bridgehead atoms. The molecule has 0 aliphatic heterocycles. The number of rotatable bonds is 7. The molecule has 0 fully saturated rings. The summed E-state index contributed by atoms with van der Waals surface area (Å²) in [4.78, 5) is 20.8. The van der Waals surface area contributed by atoms with Crippen LogP contribution in [0.5, 0.6) is 0 Å². The van der Waals surface area contributed by atoms with Crippen LogP contribution < -0.4 is 0 Å². The molecule has 0 spiro atoms. The third-order valence-corrected chi connectivity index (χ3v) is 10.0. The molecule has 10 rings (SSSR count). The number of hydrogen-bond donors (Lipinski definition) is 0. The molecule has 5 nitrogen and oxygen atoms in total. The molecular formula is C50H33N5. The highest BCUT2D eigenvalue weighted by atomic mass is 15.1. The molecule has 0 atom stereocenters. The highest BCUT2D eigenvalue weighted by Gasteiger charge is 2.22. The molecular weight excluding hydrogens is 671 g/mol. The standard InChI is InChI=1S/C50H33N5/c1-6-17-34(18-7-1)43-33-44(35-19-8-2-9-20-35)52-49(51-43)40-26-16-25-38(31-40)39-29-30-45-42(32-39)46-47(36-21-10-3-11-22-36)53-48(37-23-12-4-13-24-37)54-50(46)55(45)41-27-14-5-15-28-41/h1-33H. The molecule has 0 N–H and O–H groups in total. The first-order chi connectivity index (χ1) is 27.3. The van der Waals surface area contributed by atoms with Crippen LogP contribution in [0.3, 0.4) is 0 Å². The van der Waals surface area contributed by atoms with Crippen molar-refractivity contribution in [1.29, 1.82) is 0 Å². The van der Waals surface area contributed by atoms with Crippen LogP contribution in [0.2, 0.25) is 0 Å². The third-order valence-electron chi connectivity index (χ3n) is 10.0. The molecule has 10 aromatic rings. The molecule has 0 saturated carbocycles. The quantitative estimate of drug-likeness (QED) is 0.166. The van der Waals surface area contributed by atoms with Crippen LogP contribution in [0.25, 0.3) is 95.3 Å². The number of aromatic nitrogens is 5. The molecule has 55 heavy (non-hydrogen) atoms. The van der Waals surface area contributed by atoms with Gasteiger partial charge < -0.3 is 0 Å². The Kier molecular flexibility index (Phi) is 8.08. The molecule has 7 aromatic carbocycles. The lowest BCUT2D eigenvalue weighted by Gasteiger charge is -2.11. The summed E-state index contributed by atoms with van der Waals surface area (Å²) in [5.41, 5.74) is 12.8. The van der Waals surface area contributed by atoms with Crippen molar-refractivity contribution in [2.24, 2.45) is 0 Å². The van der Waals surface area contributed by atoms with Crippen molar-refractivity contribution in [3.8, 4) is 73.4 Å². The number of nitrogens with zero attached hydrogens (tertiary/aromatic N) is 5. The molecule has 0 aliphatic carbocycles. The Morgan fingerprint density at radius 1 is 0.327 bits per heavy atom. The van der Waals surface area contributed by atoms with Crippen molar-refractivity contribution in [3.63, 3.8) is 0 Å². The predicted molar refractivity (Wildman–Crippen MR) is 225 cm³/mol. The lowest BCUT2D eigenvalue weighted by molar-refractivity contribution is 1.11. The van der Waals surface area contributed by atoms with Crippen LogP contribution in [0.15, 0.2) is 200 Å². The second kappa shape index (κ2) is 13.8. The van der Waals surface area contributed by atoms with Gasteiger partial charge in [0.15, 0.2) is 11.6 Å². The van der Waals surface area contributed by atoms with Gasteiger partial charge in [-0.25, -0.2) is 19.9 Å². The van der Waals surface area contributed by atoms with E-state index in [1.54, 1.807) is 0 Å². The van der Waals surface area contributed by atoms with Crippen LogP contribution in [0.1, 0.15) is 0 Å². The Morgan fingerprint density at radius 3 is 1.44 bits per heavy atom. The van der Waals surface area contributed by atoms with Gasteiger partial charge in [0.25, 0.3) is 0 Å². The molecule has 3 heterocycles. The van der Waals surface area contributed by atoms with E-state index in [1.807, 2.05) is 66.7 Å². The summed E-state index contributed by atoms with van der Waals surface area (Å²) in [6.07, 6.45) is 0. The van der Waals surface area contributed by atoms with Crippen LogP contribution >= 0.6 is 0 Å². The fourth-order valence-corrected chi connectivity index (χ4v) is 7.37. The zero-order valence-electron chi connectivity index (χ0n) is 29.8. The number of benzene rings is 7. The van der Waals surface area contributed by atoms with Gasteiger partial charge in [-0.15, -0.1) is 0 Å². The summed E-state index contributed by atoms with van der Waals surface area (Å²) >= 11 is 0. The summed E-state index contributed by atoms with van der Waals surface area (Å²) in [7, 11) is 0. The Labute approximate surface area is 318 Å². The van der Waals surface area contributed by atoms with Crippen molar-refractivity contribution < 1.29 is 0 Å². The molecule has 0 unspecified atom stereocenters. The van der Waals surface area contributed by atoms with E-state index < -0.39 is 0 Å². The maximum Gasteiger partial charge on any atom is 0.162 e. The summed E-state index contributed by atoms with van der Waals surface area (Å²) in [6.45, 7) is 0. The van der Waals surface area contributed by atoms with Crippen LogP contribution in [-0.2, 0) is 0 Å². The third kappa shape index (κ3) is 6.04. The topological polar surface area (TPSA) is 56.5 Å². The fourth-order valence-electron chi connectivity index (χ4n) is 7.37. The SMILES string of the molecule is c1ccc(-c2cc(-c3ccccc3)nc(-c3cccc(-c4ccc5c(c4)c4c(-c6ccccc6)nc(-c6ccccc6)nc4n5-c4ccccc4)c3)n2)cc1. The second-order valence-corrected chi connectivity index (χ2v) is 13.5. The molecule has 3 aromatic heterocycles. The second-order valence-electron chi connectivity index (χ2n) is 13.5. The number of para-hydroxylation sites is 1. The smallest absolute Gasteiger partial charge is 0.162 e. The van der Waals surface area contributed by atoms with E-state index in [0.29, 0.717) is 11.6 Å². The first-order valence-corrected chi connectivity index (χ1v) is 18.4. The predicted octanol–water partition coefficient (Wildman–Crippen LogP) is 12.4. The van der Waals surface area contributed by atoms with Crippen molar-refractivity contribution in [3.05, 3.63) is 200 Å².